The van der Waals surface area contributed by atoms with E-state index in [4.69, 9.17) is 0 Å². The van der Waals surface area contributed by atoms with Crippen molar-refractivity contribution in [3.8, 4) is 0 Å². The van der Waals surface area contributed by atoms with Gasteiger partial charge in [0.15, 0.2) is 0 Å². The molecule has 1 heterocycles. The standard InChI is InChI=1S/C17H24N4/c1-11(2)17-20-15(18-5)10-16(21-17)19-13(4)14-8-6-12(3)7-9-14/h6-11,13H,1-5H3,(H2,18,19,20,21). The molecule has 0 saturated carbocycles. The molecule has 0 spiro atoms. The van der Waals surface area contributed by atoms with Crippen LogP contribution in [0.3, 0.4) is 0 Å². The van der Waals surface area contributed by atoms with E-state index in [-0.39, 0.29) is 6.04 Å². The molecule has 0 radical (unpaired) electrons. The van der Waals surface area contributed by atoms with Gasteiger partial charge in [0.25, 0.3) is 0 Å². The summed E-state index contributed by atoms with van der Waals surface area (Å²) in [6, 6.07) is 10.7. The van der Waals surface area contributed by atoms with Crippen molar-refractivity contribution in [1.29, 1.82) is 0 Å². The smallest absolute Gasteiger partial charge is 0.135 e. The van der Waals surface area contributed by atoms with Gasteiger partial charge >= 0.3 is 0 Å². The van der Waals surface area contributed by atoms with Gasteiger partial charge in [-0.05, 0) is 19.4 Å². The summed E-state index contributed by atoms with van der Waals surface area (Å²) in [5.74, 6) is 2.84. The molecule has 0 aliphatic heterocycles. The summed E-state index contributed by atoms with van der Waals surface area (Å²) in [5.41, 5.74) is 2.52. The maximum absolute atomic E-state index is 4.60. The number of rotatable bonds is 5. The minimum Gasteiger partial charge on any atom is -0.373 e. The first-order valence-electron chi connectivity index (χ1n) is 7.39. The zero-order valence-electron chi connectivity index (χ0n) is 13.4. The van der Waals surface area contributed by atoms with Crippen LogP contribution in [-0.4, -0.2) is 17.0 Å². The Morgan fingerprint density at radius 1 is 0.952 bits per heavy atom. The first-order chi connectivity index (χ1) is 9.99. The van der Waals surface area contributed by atoms with Crippen LogP contribution in [0.4, 0.5) is 11.6 Å². The molecule has 1 aromatic heterocycles. The van der Waals surface area contributed by atoms with Crippen molar-refractivity contribution in [3.05, 3.63) is 47.3 Å². The minimum atomic E-state index is 0.199. The predicted octanol–water partition coefficient (Wildman–Crippen LogP) is 4.12. The van der Waals surface area contributed by atoms with Gasteiger partial charge in [-0.25, -0.2) is 9.97 Å². The second-order valence-corrected chi connectivity index (χ2v) is 5.68. The van der Waals surface area contributed by atoms with Gasteiger partial charge in [-0.2, -0.15) is 0 Å². The summed E-state index contributed by atoms with van der Waals surface area (Å²) < 4.78 is 0. The van der Waals surface area contributed by atoms with E-state index >= 15 is 0 Å². The zero-order valence-corrected chi connectivity index (χ0v) is 13.4. The van der Waals surface area contributed by atoms with E-state index in [0.717, 1.165) is 17.5 Å². The Morgan fingerprint density at radius 3 is 2.14 bits per heavy atom. The lowest BCUT2D eigenvalue weighted by Gasteiger charge is -2.17. The Hall–Kier alpha value is -2.10. The molecule has 0 aliphatic carbocycles. The molecule has 4 nitrogen and oxygen atoms in total. The Kier molecular flexibility index (Phi) is 4.78. The highest BCUT2D eigenvalue weighted by Gasteiger charge is 2.10. The summed E-state index contributed by atoms with van der Waals surface area (Å²) in [6.07, 6.45) is 0. The third-order valence-corrected chi connectivity index (χ3v) is 3.46. The van der Waals surface area contributed by atoms with Crippen LogP contribution >= 0.6 is 0 Å². The number of hydrogen-bond acceptors (Lipinski definition) is 4. The van der Waals surface area contributed by atoms with Crippen LogP contribution in [0.1, 0.15) is 49.7 Å². The molecule has 0 bridgehead atoms. The topological polar surface area (TPSA) is 49.8 Å². The van der Waals surface area contributed by atoms with Gasteiger partial charge in [0, 0.05) is 25.1 Å². The molecule has 4 heteroatoms. The average Bonchev–Trinajstić information content (AvgIpc) is 2.47. The normalized spacial score (nSPS) is 12.3. The Bertz CT molecular complexity index is 590. The molecule has 0 amide bonds. The van der Waals surface area contributed by atoms with Crippen molar-refractivity contribution >= 4 is 11.6 Å². The highest BCUT2D eigenvalue weighted by Crippen LogP contribution is 2.22. The van der Waals surface area contributed by atoms with E-state index in [1.807, 2.05) is 13.1 Å². The second kappa shape index (κ2) is 6.57. The van der Waals surface area contributed by atoms with Gasteiger partial charge in [0.1, 0.15) is 17.5 Å². The van der Waals surface area contributed by atoms with Crippen LogP contribution in [-0.2, 0) is 0 Å². The molecule has 1 aromatic carbocycles. The Labute approximate surface area is 127 Å². The lowest BCUT2D eigenvalue weighted by atomic mass is 10.1. The summed E-state index contributed by atoms with van der Waals surface area (Å²) in [4.78, 5) is 9.08. The third-order valence-electron chi connectivity index (χ3n) is 3.46. The fourth-order valence-corrected chi connectivity index (χ4v) is 2.09. The number of benzene rings is 1. The number of aryl methyl sites for hydroxylation is 1. The zero-order chi connectivity index (χ0) is 15.4. The molecule has 2 aromatic rings. The summed E-state index contributed by atoms with van der Waals surface area (Å²) in [5, 5.41) is 6.55. The lowest BCUT2D eigenvalue weighted by molar-refractivity contribution is 0.770. The summed E-state index contributed by atoms with van der Waals surface area (Å²) >= 11 is 0. The molecule has 1 unspecified atom stereocenters. The largest absolute Gasteiger partial charge is 0.373 e. The number of nitrogens with one attached hydrogen (secondary N) is 2. The van der Waals surface area contributed by atoms with Crippen LogP contribution in [0.5, 0.6) is 0 Å². The van der Waals surface area contributed by atoms with E-state index in [9.17, 15) is 0 Å². The van der Waals surface area contributed by atoms with Gasteiger partial charge in [-0.15, -0.1) is 0 Å². The van der Waals surface area contributed by atoms with Crippen LogP contribution in [0.2, 0.25) is 0 Å². The van der Waals surface area contributed by atoms with Gasteiger partial charge in [-0.3, -0.25) is 0 Å². The van der Waals surface area contributed by atoms with E-state index in [2.05, 4.69) is 72.6 Å². The lowest BCUT2D eigenvalue weighted by Crippen LogP contribution is -2.11. The number of nitrogens with zero attached hydrogens (tertiary/aromatic N) is 2. The van der Waals surface area contributed by atoms with Gasteiger partial charge in [0.05, 0.1) is 0 Å². The highest BCUT2D eigenvalue weighted by molar-refractivity contribution is 5.48. The van der Waals surface area contributed by atoms with Crippen molar-refractivity contribution < 1.29 is 0 Å². The molecule has 0 saturated heterocycles. The monoisotopic (exact) mass is 284 g/mol. The molecule has 1 atom stereocenters. The molecule has 21 heavy (non-hydrogen) atoms. The van der Waals surface area contributed by atoms with E-state index < -0.39 is 0 Å². The molecular formula is C17H24N4. The van der Waals surface area contributed by atoms with Crippen LogP contribution in [0.15, 0.2) is 30.3 Å². The molecule has 0 aliphatic rings. The maximum atomic E-state index is 4.60. The van der Waals surface area contributed by atoms with Crippen LogP contribution in [0, 0.1) is 6.92 Å². The number of aromatic nitrogens is 2. The van der Waals surface area contributed by atoms with Gasteiger partial charge in [-0.1, -0.05) is 43.7 Å². The quantitative estimate of drug-likeness (QED) is 0.867. The second-order valence-electron chi connectivity index (χ2n) is 5.68. The maximum Gasteiger partial charge on any atom is 0.135 e. The van der Waals surface area contributed by atoms with Gasteiger partial charge in [0.2, 0.25) is 0 Å². The van der Waals surface area contributed by atoms with Crippen molar-refractivity contribution in [3.63, 3.8) is 0 Å². The van der Waals surface area contributed by atoms with Crippen molar-refractivity contribution in [2.75, 3.05) is 17.7 Å². The summed E-state index contributed by atoms with van der Waals surface area (Å²) in [7, 11) is 1.87. The predicted molar refractivity (Wildman–Crippen MR) is 88.9 cm³/mol. The van der Waals surface area contributed by atoms with Crippen molar-refractivity contribution in [2.24, 2.45) is 0 Å². The number of hydrogen-bond donors (Lipinski definition) is 2. The fraction of sp³-hybridized carbons (Fsp3) is 0.412. The first kappa shape index (κ1) is 15.3. The Balaban J connectivity index is 2.21. The van der Waals surface area contributed by atoms with Crippen LogP contribution < -0.4 is 10.6 Å². The molecule has 2 rings (SSSR count). The Morgan fingerprint density at radius 2 is 1.57 bits per heavy atom. The summed E-state index contributed by atoms with van der Waals surface area (Å²) in [6.45, 7) is 8.44. The third kappa shape index (κ3) is 3.94. The average molecular weight is 284 g/mol. The SMILES string of the molecule is CNc1cc(NC(C)c2ccc(C)cc2)nc(C(C)C)n1. The molecule has 112 valence electrons. The van der Waals surface area contributed by atoms with Crippen molar-refractivity contribution in [2.45, 2.75) is 39.7 Å². The molecular weight excluding hydrogens is 260 g/mol. The van der Waals surface area contributed by atoms with Crippen LogP contribution in [0.25, 0.3) is 0 Å². The van der Waals surface area contributed by atoms with E-state index in [1.54, 1.807) is 0 Å². The fourth-order valence-electron chi connectivity index (χ4n) is 2.09. The first-order valence-corrected chi connectivity index (χ1v) is 7.39. The van der Waals surface area contributed by atoms with Crippen molar-refractivity contribution in [1.82, 2.24) is 9.97 Å². The van der Waals surface area contributed by atoms with E-state index in [1.165, 1.54) is 11.1 Å². The molecule has 0 fully saturated rings. The van der Waals surface area contributed by atoms with E-state index in [0.29, 0.717) is 5.92 Å². The number of anilines is 2. The molecule has 2 N–H and O–H groups in total. The highest BCUT2D eigenvalue weighted by atomic mass is 15.1. The minimum absolute atomic E-state index is 0.199. The van der Waals surface area contributed by atoms with Gasteiger partial charge < -0.3 is 10.6 Å².